The largest absolute Gasteiger partial charge is 0.477 e. The van der Waals surface area contributed by atoms with Crippen LogP contribution in [0, 0.1) is 10.1 Å². The van der Waals surface area contributed by atoms with Crippen LogP contribution in [0.4, 0.5) is 11.5 Å². The molecule has 0 aliphatic carbocycles. The van der Waals surface area contributed by atoms with Crippen LogP contribution < -0.4 is 10.6 Å². The van der Waals surface area contributed by atoms with Crippen LogP contribution in [0.25, 0.3) is 0 Å². The number of hydrogen-bond acceptors (Lipinski definition) is 6. The van der Waals surface area contributed by atoms with Crippen molar-refractivity contribution in [3.63, 3.8) is 0 Å². The van der Waals surface area contributed by atoms with Gasteiger partial charge >= 0.3 is 11.7 Å². The van der Waals surface area contributed by atoms with E-state index in [1.165, 1.54) is 6.07 Å². The van der Waals surface area contributed by atoms with Gasteiger partial charge in [-0.05, 0) is 19.5 Å². The minimum absolute atomic E-state index is 0.319. The van der Waals surface area contributed by atoms with E-state index in [9.17, 15) is 14.9 Å². The first-order chi connectivity index (χ1) is 9.06. The molecule has 0 saturated carbocycles. The molecule has 104 valence electrons. The molecule has 0 saturated heterocycles. The number of aromatic nitrogens is 1. The van der Waals surface area contributed by atoms with Gasteiger partial charge in [-0.3, -0.25) is 10.1 Å². The third kappa shape index (κ3) is 4.51. The number of aromatic carboxylic acids is 1. The van der Waals surface area contributed by atoms with E-state index in [1.54, 1.807) is 0 Å². The van der Waals surface area contributed by atoms with Crippen molar-refractivity contribution >= 4 is 17.5 Å². The zero-order valence-electron chi connectivity index (χ0n) is 10.5. The molecule has 8 nitrogen and oxygen atoms in total. The van der Waals surface area contributed by atoms with Gasteiger partial charge in [-0.25, -0.2) is 9.78 Å². The summed E-state index contributed by atoms with van der Waals surface area (Å²) in [5, 5.41) is 25.6. The molecule has 1 heterocycles. The highest BCUT2D eigenvalue weighted by Crippen LogP contribution is 2.20. The Balaban J connectivity index is 2.68. The SMILES string of the molecule is CCNCCCNc1cc(C(=O)O)c([N+](=O)[O-])cn1. The molecule has 8 heteroatoms. The summed E-state index contributed by atoms with van der Waals surface area (Å²) in [6.45, 7) is 4.34. The summed E-state index contributed by atoms with van der Waals surface area (Å²) in [5.74, 6) is -1.02. The highest BCUT2D eigenvalue weighted by Gasteiger charge is 2.20. The van der Waals surface area contributed by atoms with Crippen LogP contribution in [-0.2, 0) is 0 Å². The average Bonchev–Trinajstić information content (AvgIpc) is 2.38. The van der Waals surface area contributed by atoms with Crippen molar-refractivity contribution in [2.45, 2.75) is 13.3 Å². The van der Waals surface area contributed by atoms with E-state index < -0.39 is 16.6 Å². The van der Waals surface area contributed by atoms with Crippen LogP contribution in [0.15, 0.2) is 12.3 Å². The number of carbonyl (C=O) groups is 1. The van der Waals surface area contributed by atoms with Gasteiger partial charge in [0, 0.05) is 12.6 Å². The van der Waals surface area contributed by atoms with Gasteiger partial charge in [0.2, 0.25) is 0 Å². The van der Waals surface area contributed by atoms with Gasteiger partial charge in [-0.2, -0.15) is 0 Å². The second-order valence-electron chi connectivity index (χ2n) is 3.78. The molecular formula is C11H16N4O4. The van der Waals surface area contributed by atoms with Gasteiger partial charge in [0.25, 0.3) is 0 Å². The second kappa shape index (κ2) is 7.27. The van der Waals surface area contributed by atoms with Crippen LogP contribution in [0.3, 0.4) is 0 Å². The molecule has 1 rings (SSSR count). The molecule has 0 spiro atoms. The van der Waals surface area contributed by atoms with Crippen molar-refractivity contribution in [3.8, 4) is 0 Å². The molecule has 0 amide bonds. The van der Waals surface area contributed by atoms with Crippen LogP contribution in [0.1, 0.15) is 23.7 Å². The smallest absolute Gasteiger partial charge is 0.342 e. The Morgan fingerprint density at radius 3 is 2.84 bits per heavy atom. The van der Waals surface area contributed by atoms with Crippen molar-refractivity contribution < 1.29 is 14.8 Å². The third-order valence-corrected chi connectivity index (χ3v) is 2.40. The van der Waals surface area contributed by atoms with Crippen LogP contribution >= 0.6 is 0 Å². The molecule has 0 radical (unpaired) electrons. The molecule has 0 unspecified atom stereocenters. The van der Waals surface area contributed by atoms with E-state index in [-0.39, 0.29) is 5.56 Å². The zero-order valence-corrected chi connectivity index (χ0v) is 10.5. The summed E-state index contributed by atoms with van der Waals surface area (Å²) in [7, 11) is 0. The van der Waals surface area contributed by atoms with Crippen LogP contribution in [-0.4, -0.2) is 40.6 Å². The summed E-state index contributed by atoms with van der Waals surface area (Å²) in [4.78, 5) is 24.6. The molecule has 0 aliphatic rings. The number of anilines is 1. The van der Waals surface area contributed by atoms with Crippen molar-refractivity contribution in [1.82, 2.24) is 10.3 Å². The maximum absolute atomic E-state index is 10.9. The van der Waals surface area contributed by atoms with E-state index in [4.69, 9.17) is 5.11 Å². The number of pyridine rings is 1. The maximum Gasteiger partial charge on any atom is 0.342 e. The first-order valence-corrected chi connectivity index (χ1v) is 5.88. The van der Waals surface area contributed by atoms with Crippen LogP contribution in [0.5, 0.6) is 0 Å². The van der Waals surface area contributed by atoms with Gasteiger partial charge < -0.3 is 15.7 Å². The predicted octanol–water partition coefficient (Wildman–Crippen LogP) is 1.10. The lowest BCUT2D eigenvalue weighted by molar-refractivity contribution is -0.385. The predicted molar refractivity (Wildman–Crippen MR) is 69.5 cm³/mol. The lowest BCUT2D eigenvalue weighted by atomic mass is 10.2. The molecule has 0 aromatic carbocycles. The fraction of sp³-hybridized carbons (Fsp3) is 0.455. The number of carboxylic acid groups (broad SMARTS) is 1. The Bertz CT molecular complexity index is 464. The van der Waals surface area contributed by atoms with E-state index in [1.807, 2.05) is 6.92 Å². The standard InChI is InChI=1S/C11H16N4O4/c1-2-12-4-3-5-13-10-6-8(11(16)17)9(7-14-10)15(18)19/h6-7,12H,2-5H2,1H3,(H,13,14)(H,16,17). The molecule has 1 aromatic rings. The summed E-state index contributed by atoms with van der Waals surface area (Å²) in [6.07, 6.45) is 1.80. The molecule has 0 aliphatic heterocycles. The van der Waals surface area contributed by atoms with Crippen molar-refractivity contribution in [1.29, 1.82) is 0 Å². The molecular weight excluding hydrogens is 252 g/mol. The molecule has 19 heavy (non-hydrogen) atoms. The topological polar surface area (TPSA) is 117 Å². The Kier molecular flexibility index (Phi) is 5.68. The number of rotatable bonds is 8. The first kappa shape index (κ1) is 14.8. The average molecular weight is 268 g/mol. The number of hydrogen-bond donors (Lipinski definition) is 3. The normalized spacial score (nSPS) is 10.2. The Morgan fingerprint density at radius 1 is 1.53 bits per heavy atom. The van der Waals surface area contributed by atoms with Crippen molar-refractivity contribution in [2.24, 2.45) is 0 Å². The Morgan fingerprint density at radius 2 is 2.26 bits per heavy atom. The second-order valence-corrected chi connectivity index (χ2v) is 3.78. The molecule has 0 atom stereocenters. The van der Waals surface area contributed by atoms with E-state index in [0.717, 1.165) is 25.7 Å². The van der Waals surface area contributed by atoms with Crippen molar-refractivity contribution in [3.05, 3.63) is 27.9 Å². The Hall–Kier alpha value is -2.22. The number of nitrogens with zero attached hydrogens (tertiary/aromatic N) is 2. The van der Waals surface area contributed by atoms with Gasteiger partial charge in [0.15, 0.2) is 0 Å². The maximum atomic E-state index is 10.9. The highest BCUT2D eigenvalue weighted by molar-refractivity contribution is 5.93. The molecule has 0 bridgehead atoms. The number of carboxylic acids is 1. The third-order valence-electron chi connectivity index (χ3n) is 2.40. The van der Waals surface area contributed by atoms with Crippen molar-refractivity contribution in [2.75, 3.05) is 25.0 Å². The number of nitrogens with one attached hydrogen (secondary N) is 2. The minimum atomic E-state index is -1.34. The fourth-order valence-electron chi connectivity index (χ4n) is 1.47. The monoisotopic (exact) mass is 268 g/mol. The van der Waals surface area contributed by atoms with Gasteiger partial charge in [0.05, 0.1) is 4.92 Å². The lowest BCUT2D eigenvalue weighted by Crippen LogP contribution is -2.17. The van der Waals surface area contributed by atoms with Gasteiger partial charge in [0.1, 0.15) is 17.6 Å². The van der Waals surface area contributed by atoms with E-state index in [2.05, 4.69) is 15.6 Å². The first-order valence-electron chi connectivity index (χ1n) is 5.88. The van der Waals surface area contributed by atoms with E-state index >= 15 is 0 Å². The Labute approximate surface area is 110 Å². The quantitative estimate of drug-likeness (QED) is 0.367. The minimum Gasteiger partial charge on any atom is -0.477 e. The summed E-state index contributed by atoms with van der Waals surface area (Å²) >= 11 is 0. The van der Waals surface area contributed by atoms with E-state index in [0.29, 0.717) is 12.4 Å². The molecule has 1 aromatic heterocycles. The molecule has 3 N–H and O–H groups in total. The summed E-state index contributed by atoms with van der Waals surface area (Å²) in [5.41, 5.74) is -0.875. The highest BCUT2D eigenvalue weighted by atomic mass is 16.6. The molecule has 0 fully saturated rings. The summed E-state index contributed by atoms with van der Waals surface area (Å²) < 4.78 is 0. The lowest BCUT2D eigenvalue weighted by Gasteiger charge is -2.06. The fourth-order valence-corrected chi connectivity index (χ4v) is 1.47. The van der Waals surface area contributed by atoms with Crippen LogP contribution in [0.2, 0.25) is 0 Å². The number of nitro groups is 1. The summed E-state index contributed by atoms with van der Waals surface area (Å²) in [6, 6.07) is 1.17. The zero-order chi connectivity index (χ0) is 14.3. The van der Waals surface area contributed by atoms with Gasteiger partial charge in [-0.1, -0.05) is 6.92 Å². The van der Waals surface area contributed by atoms with Gasteiger partial charge in [-0.15, -0.1) is 0 Å².